The predicted molar refractivity (Wildman–Crippen MR) is 81.2 cm³/mol. The standard InChI is InChI=1S/C13H14N4O5S/c1-6-4-10(17-22-6)16-11(19)7(2)21-12(20)9-5-23-13(15-9)14-8(3)18/h4-5,7H,1-3H3,(H,14,15,18)(H,16,17,19). The Morgan fingerprint density at radius 1 is 1.35 bits per heavy atom. The van der Waals surface area contributed by atoms with Crippen LogP contribution in [0.5, 0.6) is 0 Å². The number of thiazole rings is 1. The molecule has 0 aromatic carbocycles. The highest BCUT2D eigenvalue weighted by atomic mass is 32.1. The number of esters is 1. The molecule has 2 rings (SSSR count). The molecule has 2 N–H and O–H groups in total. The quantitative estimate of drug-likeness (QED) is 0.793. The molecule has 23 heavy (non-hydrogen) atoms. The molecule has 1 atom stereocenters. The average molecular weight is 338 g/mol. The van der Waals surface area contributed by atoms with Crippen LogP contribution in [0, 0.1) is 6.92 Å². The molecule has 2 aromatic rings. The predicted octanol–water partition coefficient (Wildman–Crippen LogP) is 1.58. The average Bonchev–Trinajstić information content (AvgIpc) is 3.07. The first kappa shape index (κ1) is 16.6. The largest absolute Gasteiger partial charge is 0.448 e. The maximum atomic E-state index is 11.9. The smallest absolute Gasteiger partial charge is 0.358 e. The van der Waals surface area contributed by atoms with Gasteiger partial charge in [-0.1, -0.05) is 5.16 Å². The first-order valence-corrected chi connectivity index (χ1v) is 7.41. The summed E-state index contributed by atoms with van der Waals surface area (Å²) in [5, 5.41) is 10.2. The van der Waals surface area contributed by atoms with Crippen LogP contribution in [0.2, 0.25) is 0 Å². The van der Waals surface area contributed by atoms with Crippen LogP contribution in [-0.2, 0) is 14.3 Å². The van der Waals surface area contributed by atoms with Crippen molar-refractivity contribution in [2.45, 2.75) is 26.9 Å². The highest BCUT2D eigenvalue weighted by molar-refractivity contribution is 7.14. The molecule has 0 aliphatic heterocycles. The summed E-state index contributed by atoms with van der Waals surface area (Å²) in [5.74, 6) is -0.842. The molecule has 0 aliphatic carbocycles. The van der Waals surface area contributed by atoms with Gasteiger partial charge in [-0.3, -0.25) is 9.59 Å². The minimum absolute atomic E-state index is 0.00989. The topological polar surface area (TPSA) is 123 Å². The second-order valence-corrected chi connectivity index (χ2v) is 5.44. The van der Waals surface area contributed by atoms with E-state index in [1.165, 1.54) is 25.3 Å². The van der Waals surface area contributed by atoms with Gasteiger partial charge in [0.1, 0.15) is 5.76 Å². The maximum absolute atomic E-state index is 11.9. The second-order valence-electron chi connectivity index (χ2n) is 4.58. The number of nitrogens with zero attached hydrogens (tertiary/aromatic N) is 2. The Morgan fingerprint density at radius 3 is 2.70 bits per heavy atom. The summed E-state index contributed by atoms with van der Waals surface area (Å²) in [6.07, 6.45) is -1.05. The third kappa shape index (κ3) is 4.61. The van der Waals surface area contributed by atoms with Crippen LogP contribution in [0.4, 0.5) is 10.9 Å². The molecule has 0 saturated heterocycles. The van der Waals surface area contributed by atoms with Crippen molar-refractivity contribution in [1.82, 2.24) is 10.1 Å². The molecule has 0 aliphatic rings. The molecule has 2 amide bonds. The Hall–Kier alpha value is -2.75. The van der Waals surface area contributed by atoms with E-state index in [1.807, 2.05) is 0 Å². The Kier molecular flexibility index (Phi) is 5.06. The van der Waals surface area contributed by atoms with Gasteiger partial charge in [0.2, 0.25) is 5.91 Å². The van der Waals surface area contributed by atoms with Crippen molar-refractivity contribution >= 4 is 40.1 Å². The normalized spacial score (nSPS) is 11.6. The number of carbonyl (C=O) groups is 3. The van der Waals surface area contributed by atoms with Gasteiger partial charge in [-0.2, -0.15) is 0 Å². The minimum Gasteiger partial charge on any atom is -0.448 e. The highest BCUT2D eigenvalue weighted by Crippen LogP contribution is 2.16. The summed E-state index contributed by atoms with van der Waals surface area (Å²) in [6, 6.07) is 1.53. The van der Waals surface area contributed by atoms with Crippen molar-refractivity contribution in [3.63, 3.8) is 0 Å². The molecule has 0 bridgehead atoms. The van der Waals surface area contributed by atoms with Gasteiger partial charge < -0.3 is 19.9 Å². The zero-order valence-electron chi connectivity index (χ0n) is 12.6. The van der Waals surface area contributed by atoms with Crippen LogP contribution in [0.25, 0.3) is 0 Å². The number of ether oxygens (including phenoxy) is 1. The van der Waals surface area contributed by atoms with Crippen molar-refractivity contribution in [3.8, 4) is 0 Å². The fourth-order valence-corrected chi connectivity index (χ4v) is 2.23. The van der Waals surface area contributed by atoms with Crippen LogP contribution in [0.1, 0.15) is 30.1 Å². The number of aromatic nitrogens is 2. The molecular formula is C13H14N4O5S. The van der Waals surface area contributed by atoms with Crippen LogP contribution < -0.4 is 10.6 Å². The Balaban J connectivity index is 1.92. The number of rotatable bonds is 5. The van der Waals surface area contributed by atoms with Gasteiger partial charge in [0.25, 0.3) is 5.91 Å². The monoisotopic (exact) mass is 338 g/mol. The van der Waals surface area contributed by atoms with E-state index in [0.29, 0.717) is 5.76 Å². The lowest BCUT2D eigenvalue weighted by atomic mass is 10.3. The molecule has 9 nitrogen and oxygen atoms in total. The fraction of sp³-hybridized carbons (Fsp3) is 0.308. The summed E-state index contributed by atoms with van der Waals surface area (Å²) < 4.78 is 9.83. The van der Waals surface area contributed by atoms with E-state index >= 15 is 0 Å². The van der Waals surface area contributed by atoms with Crippen molar-refractivity contribution in [3.05, 3.63) is 22.9 Å². The molecule has 0 spiro atoms. The molecule has 2 heterocycles. The van der Waals surface area contributed by atoms with Gasteiger partial charge in [0.05, 0.1) is 0 Å². The zero-order valence-corrected chi connectivity index (χ0v) is 13.4. The third-order valence-corrected chi connectivity index (χ3v) is 3.29. The number of hydrogen-bond acceptors (Lipinski definition) is 8. The number of amides is 2. The van der Waals surface area contributed by atoms with Crippen molar-refractivity contribution < 1.29 is 23.6 Å². The van der Waals surface area contributed by atoms with E-state index in [0.717, 1.165) is 11.3 Å². The fourth-order valence-electron chi connectivity index (χ4n) is 1.50. The third-order valence-electron chi connectivity index (χ3n) is 2.53. The molecule has 0 saturated carbocycles. The lowest BCUT2D eigenvalue weighted by Crippen LogP contribution is -2.30. The Bertz CT molecular complexity index is 738. The minimum atomic E-state index is -1.05. The molecular weight excluding hydrogens is 324 g/mol. The van der Waals surface area contributed by atoms with Crippen molar-refractivity contribution in [2.24, 2.45) is 0 Å². The summed E-state index contributed by atoms with van der Waals surface area (Å²) in [7, 11) is 0. The highest BCUT2D eigenvalue weighted by Gasteiger charge is 2.21. The van der Waals surface area contributed by atoms with Gasteiger partial charge in [0, 0.05) is 18.4 Å². The van der Waals surface area contributed by atoms with Gasteiger partial charge in [-0.15, -0.1) is 11.3 Å². The van der Waals surface area contributed by atoms with Crippen LogP contribution >= 0.6 is 11.3 Å². The summed E-state index contributed by atoms with van der Waals surface area (Å²) in [6.45, 7) is 4.43. The number of anilines is 2. The van der Waals surface area contributed by atoms with Gasteiger partial charge in [-0.05, 0) is 13.8 Å². The van der Waals surface area contributed by atoms with Gasteiger partial charge in [0.15, 0.2) is 22.7 Å². The second kappa shape index (κ2) is 7.01. The lowest BCUT2D eigenvalue weighted by molar-refractivity contribution is -0.123. The number of hydrogen-bond donors (Lipinski definition) is 2. The van der Waals surface area contributed by atoms with E-state index < -0.39 is 18.0 Å². The van der Waals surface area contributed by atoms with Gasteiger partial charge in [-0.25, -0.2) is 9.78 Å². The molecule has 0 radical (unpaired) electrons. The van der Waals surface area contributed by atoms with Crippen LogP contribution in [-0.4, -0.2) is 34.0 Å². The van der Waals surface area contributed by atoms with E-state index in [4.69, 9.17) is 9.26 Å². The van der Waals surface area contributed by atoms with Crippen LogP contribution in [0.3, 0.4) is 0 Å². The SMILES string of the molecule is CC(=O)Nc1nc(C(=O)OC(C)C(=O)Nc2cc(C)on2)cs1. The number of carbonyl (C=O) groups excluding carboxylic acids is 3. The summed E-state index contributed by atoms with van der Waals surface area (Å²) in [5.41, 5.74) is 0.00989. The molecule has 122 valence electrons. The first-order chi connectivity index (χ1) is 10.8. The maximum Gasteiger partial charge on any atom is 0.358 e. The summed E-state index contributed by atoms with van der Waals surface area (Å²) >= 11 is 1.08. The molecule has 2 aromatic heterocycles. The van der Waals surface area contributed by atoms with Crippen molar-refractivity contribution in [1.29, 1.82) is 0 Å². The van der Waals surface area contributed by atoms with E-state index in [2.05, 4.69) is 20.8 Å². The molecule has 1 unspecified atom stereocenters. The Labute approximate surface area is 135 Å². The zero-order chi connectivity index (χ0) is 17.0. The van der Waals surface area contributed by atoms with Crippen LogP contribution in [0.15, 0.2) is 16.0 Å². The number of aryl methyl sites for hydroxylation is 1. The molecule has 0 fully saturated rings. The van der Waals surface area contributed by atoms with E-state index in [9.17, 15) is 14.4 Å². The Morgan fingerprint density at radius 2 is 2.09 bits per heavy atom. The number of nitrogens with one attached hydrogen (secondary N) is 2. The lowest BCUT2D eigenvalue weighted by Gasteiger charge is -2.11. The van der Waals surface area contributed by atoms with Gasteiger partial charge >= 0.3 is 5.97 Å². The van der Waals surface area contributed by atoms with Crippen molar-refractivity contribution in [2.75, 3.05) is 10.6 Å². The first-order valence-electron chi connectivity index (χ1n) is 6.53. The summed E-state index contributed by atoms with van der Waals surface area (Å²) in [4.78, 5) is 38.6. The van der Waals surface area contributed by atoms with E-state index in [1.54, 1.807) is 6.92 Å². The molecule has 10 heteroatoms. The van der Waals surface area contributed by atoms with E-state index in [-0.39, 0.29) is 22.6 Å².